The number of nitrogen functional groups attached to an aromatic ring is 1. The van der Waals surface area contributed by atoms with E-state index in [0.29, 0.717) is 23.9 Å². The fourth-order valence-corrected chi connectivity index (χ4v) is 3.46. The first kappa shape index (κ1) is 17.8. The minimum atomic E-state index is 0.460. The highest BCUT2D eigenvalue weighted by Gasteiger charge is 2.20. The van der Waals surface area contributed by atoms with E-state index in [2.05, 4.69) is 32.1 Å². The maximum absolute atomic E-state index is 6.61. The van der Waals surface area contributed by atoms with Crippen molar-refractivity contribution in [2.45, 2.75) is 6.54 Å². The van der Waals surface area contributed by atoms with Crippen LogP contribution in [0.3, 0.4) is 0 Å². The molecule has 2 N–H and O–H groups in total. The number of benzene rings is 2. The molecule has 0 saturated heterocycles. The van der Waals surface area contributed by atoms with Gasteiger partial charge >= 0.3 is 0 Å². The second-order valence-corrected chi connectivity index (χ2v) is 6.80. The fraction of sp³-hybridized carbons (Fsp3) is 0.0435. The number of aromatic nitrogens is 5. The lowest BCUT2D eigenvalue weighted by Crippen LogP contribution is -2.21. The fourth-order valence-electron chi connectivity index (χ4n) is 3.46. The Morgan fingerprint density at radius 3 is 2.43 bits per heavy atom. The van der Waals surface area contributed by atoms with E-state index in [1.807, 2.05) is 70.1 Å². The van der Waals surface area contributed by atoms with Gasteiger partial charge in [0.15, 0.2) is 11.6 Å². The van der Waals surface area contributed by atoms with Crippen LogP contribution in [0.2, 0.25) is 0 Å². The number of nitrogens with zero attached hydrogens (tertiary/aromatic N) is 6. The highest BCUT2D eigenvalue weighted by atomic mass is 15.3. The van der Waals surface area contributed by atoms with E-state index in [0.717, 1.165) is 22.4 Å². The van der Waals surface area contributed by atoms with Crippen molar-refractivity contribution in [3.05, 3.63) is 97.2 Å². The van der Waals surface area contributed by atoms with Crippen molar-refractivity contribution >= 4 is 28.4 Å². The molecule has 30 heavy (non-hydrogen) atoms. The molecule has 2 aromatic carbocycles. The summed E-state index contributed by atoms with van der Waals surface area (Å²) in [5, 5.41) is 0. The first-order chi connectivity index (χ1) is 14.8. The number of nitrogens with two attached hydrogens (primary N) is 1. The van der Waals surface area contributed by atoms with Crippen LogP contribution >= 0.6 is 0 Å². The monoisotopic (exact) mass is 393 g/mol. The van der Waals surface area contributed by atoms with E-state index in [1.54, 1.807) is 12.5 Å². The molecule has 0 fully saturated rings. The summed E-state index contributed by atoms with van der Waals surface area (Å²) in [5.41, 5.74) is 10.0. The van der Waals surface area contributed by atoms with Gasteiger partial charge in [-0.15, -0.1) is 0 Å². The molecule has 0 saturated carbocycles. The van der Waals surface area contributed by atoms with Crippen molar-refractivity contribution in [3.63, 3.8) is 0 Å². The van der Waals surface area contributed by atoms with Gasteiger partial charge in [-0.05, 0) is 29.8 Å². The Hall–Kier alpha value is -4.26. The van der Waals surface area contributed by atoms with Crippen LogP contribution in [0.5, 0.6) is 0 Å². The van der Waals surface area contributed by atoms with Gasteiger partial charge in [0.05, 0.1) is 17.6 Å². The number of rotatable bonds is 5. The summed E-state index contributed by atoms with van der Waals surface area (Å²) >= 11 is 0. The third-order valence-corrected chi connectivity index (χ3v) is 4.89. The summed E-state index contributed by atoms with van der Waals surface area (Å²) in [6, 6.07) is 23.8. The van der Waals surface area contributed by atoms with Crippen LogP contribution in [-0.4, -0.2) is 24.5 Å². The second kappa shape index (κ2) is 7.63. The minimum Gasteiger partial charge on any atom is -0.393 e. The van der Waals surface area contributed by atoms with Gasteiger partial charge in [0, 0.05) is 6.20 Å². The SMILES string of the molecule is Nc1c(N(Cc2ccccc2)c2ccccn2)ncnc1-n1cnc2ccccc21. The quantitative estimate of drug-likeness (QED) is 0.483. The summed E-state index contributed by atoms with van der Waals surface area (Å²) in [4.78, 5) is 20.0. The van der Waals surface area contributed by atoms with Crippen LogP contribution in [0.4, 0.5) is 17.3 Å². The Morgan fingerprint density at radius 2 is 1.60 bits per heavy atom. The van der Waals surface area contributed by atoms with Gasteiger partial charge in [-0.3, -0.25) is 4.57 Å². The molecular weight excluding hydrogens is 374 g/mol. The highest BCUT2D eigenvalue weighted by Crippen LogP contribution is 2.32. The molecule has 0 spiro atoms. The number of hydrogen-bond acceptors (Lipinski definition) is 6. The van der Waals surface area contributed by atoms with E-state index < -0.39 is 0 Å². The topological polar surface area (TPSA) is 85.8 Å². The zero-order valence-electron chi connectivity index (χ0n) is 16.1. The lowest BCUT2D eigenvalue weighted by molar-refractivity contribution is 0.906. The number of anilines is 3. The van der Waals surface area contributed by atoms with Gasteiger partial charge in [-0.1, -0.05) is 48.5 Å². The molecule has 0 radical (unpaired) electrons. The zero-order valence-corrected chi connectivity index (χ0v) is 16.1. The van der Waals surface area contributed by atoms with Crippen LogP contribution in [0.1, 0.15) is 5.56 Å². The van der Waals surface area contributed by atoms with E-state index >= 15 is 0 Å². The molecule has 5 rings (SSSR count). The predicted molar refractivity (Wildman–Crippen MR) is 118 cm³/mol. The summed E-state index contributed by atoms with van der Waals surface area (Å²) in [5.74, 6) is 1.94. The molecule has 3 heterocycles. The summed E-state index contributed by atoms with van der Waals surface area (Å²) in [6.07, 6.45) is 5.02. The Bertz CT molecular complexity index is 1280. The van der Waals surface area contributed by atoms with Crippen molar-refractivity contribution in [2.24, 2.45) is 0 Å². The van der Waals surface area contributed by atoms with Crippen molar-refractivity contribution < 1.29 is 0 Å². The average Bonchev–Trinajstić information content (AvgIpc) is 3.23. The summed E-state index contributed by atoms with van der Waals surface area (Å²) in [6.45, 7) is 0.573. The van der Waals surface area contributed by atoms with Gasteiger partial charge in [0.25, 0.3) is 0 Å². The van der Waals surface area contributed by atoms with Crippen LogP contribution < -0.4 is 10.6 Å². The molecule has 0 aliphatic carbocycles. The van der Waals surface area contributed by atoms with Crippen molar-refractivity contribution in [1.29, 1.82) is 0 Å². The molecule has 0 aliphatic rings. The summed E-state index contributed by atoms with van der Waals surface area (Å²) < 4.78 is 1.88. The minimum absolute atomic E-state index is 0.460. The van der Waals surface area contributed by atoms with Gasteiger partial charge in [-0.2, -0.15) is 0 Å². The van der Waals surface area contributed by atoms with Crippen molar-refractivity contribution in [2.75, 3.05) is 10.6 Å². The Morgan fingerprint density at radius 1 is 0.800 bits per heavy atom. The second-order valence-electron chi connectivity index (χ2n) is 6.80. The first-order valence-electron chi connectivity index (χ1n) is 9.57. The van der Waals surface area contributed by atoms with Crippen molar-refractivity contribution in [1.82, 2.24) is 24.5 Å². The summed E-state index contributed by atoms with van der Waals surface area (Å²) in [7, 11) is 0. The van der Waals surface area contributed by atoms with Gasteiger partial charge < -0.3 is 10.6 Å². The van der Waals surface area contributed by atoms with Crippen LogP contribution in [0.25, 0.3) is 16.9 Å². The molecular formula is C23H19N7. The molecule has 5 aromatic rings. The average molecular weight is 393 g/mol. The smallest absolute Gasteiger partial charge is 0.167 e. The van der Waals surface area contributed by atoms with E-state index in [9.17, 15) is 0 Å². The molecule has 0 bridgehead atoms. The molecule has 0 unspecified atom stereocenters. The first-order valence-corrected chi connectivity index (χ1v) is 9.57. The maximum Gasteiger partial charge on any atom is 0.167 e. The Kier molecular flexibility index (Phi) is 4.53. The number of hydrogen-bond donors (Lipinski definition) is 1. The lowest BCUT2D eigenvalue weighted by atomic mass is 10.2. The number of pyridine rings is 1. The van der Waals surface area contributed by atoms with E-state index in [-0.39, 0.29) is 0 Å². The van der Waals surface area contributed by atoms with Crippen LogP contribution in [-0.2, 0) is 6.54 Å². The lowest BCUT2D eigenvalue weighted by Gasteiger charge is -2.24. The van der Waals surface area contributed by atoms with Crippen LogP contribution in [0.15, 0.2) is 91.6 Å². The standard InChI is InChI=1S/C23H19N7/c24-21-22(26-15-27-23(21)30-16-28-18-10-4-5-11-19(18)30)29(20-12-6-7-13-25-20)14-17-8-2-1-3-9-17/h1-13,15-16H,14,24H2. The molecule has 0 atom stereocenters. The highest BCUT2D eigenvalue weighted by molar-refractivity contribution is 5.81. The van der Waals surface area contributed by atoms with Gasteiger partial charge in [0.2, 0.25) is 0 Å². The third-order valence-electron chi connectivity index (χ3n) is 4.89. The zero-order chi connectivity index (χ0) is 20.3. The maximum atomic E-state index is 6.61. The van der Waals surface area contributed by atoms with E-state index in [4.69, 9.17) is 5.73 Å². The molecule has 3 aromatic heterocycles. The Labute approximate surface area is 173 Å². The van der Waals surface area contributed by atoms with Crippen molar-refractivity contribution in [3.8, 4) is 5.82 Å². The predicted octanol–water partition coefficient (Wildman–Crippen LogP) is 4.13. The normalized spacial score (nSPS) is 10.9. The van der Waals surface area contributed by atoms with Crippen LogP contribution in [0, 0.1) is 0 Å². The van der Waals surface area contributed by atoms with E-state index in [1.165, 1.54) is 6.33 Å². The Balaban J connectivity index is 1.64. The molecule has 146 valence electrons. The third kappa shape index (κ3) is 3.22. The van der Waals surface area contributed by atoms with Gasteiger partial charge in [-0.25, -0.2) is 19.9 Å². The number of fused-ring (bicyclic) bond motifs is 1. The number of para-hydroxylation sites is 2. The van der Waals surface area contributed by atoms with Gasteiger partial charge in [0.1, 0.15) is 24.2 Å². The molecule has 7 nitrogen and oxygen atoms in total. The molecule has 0 amide bonds. The number of imidazole rings is 1. The largest absolute Gasteiger partial charge is 0.393 e. The molecule has 7 heteroatoms. The molecule has 0 aliphatic heterocycles.